The van der Waals surface area contributed by atoms with Gasteiger partial charge in [-0.3, -0.25) is 9.59 Å². The fourth-order valence-corrected chi connectivity index (χ4v) is 3.36. The molecule has 0 N–H and O–H groups in total. The fraction of sp³-hybridized carbons (Fsp3) is 0.409. The molecular formula is C22H24N2O3. The molecule has 1 unspecified atom stereocenters. The molecule has 5 heteroatoms. The number of anilines is 1. The van der Waals surface area contributed by atoms with Crippen LogP contribution < -0.4 is 4.90 Å². The highest BCUT2D eigenvalue weighted by Gasteiger charge is 2.33. The summed E-state index contributed by atoms with van der Waals surface area (Å²) in [6, 6.07) is 7.40. The third kappa shape index (κ3) is 3.80. The fourth-order valence-electron chi connectivity index (χ4n) is 3.36. The van der Waals surface area contributed by atoms with Crippen LogP contribution in [0.2, 0.25) is 0 Å². The summed E-state index contributed by atoms with van der Waals surface area (Å²) in [4.78, 5) is 26.7. The number of nitrogens with zero attached hydrogens (tertiary/aromatic N) is 2. The predicted molar refractivity (Wildman–Crippen MR) is 103 cm³/mol. The first-order chi connectivity index (χ1) is 12.7. The minimum Gasteiger partial charge on any atom is -0.460 e. The van der Waals surface area contributed by atoms with Gasteiger partial charge in [-0.2, -0.15) is 5.26 Å². The van der Waals surface area contributed by atoms with Crippen LogP contribution in [0.5, 0.6) is 0 Å². The van der Waals surface area contributed by atoms with Crippen molar-refractivity contribution in [2.45, 2.75) is 52.1 Å². The first-order valence-electron chi connectivity index (χ1n) is 9.19. The molecule has 5 nitrogen and oxygen atoms in total. The van der Waals surface area contributed by atoms with Gasteiger partial charge in [0.05, 0.1) is 23.7 Å². The standard InChI is InChI=1S/C22H24N2O3/c1-14(21(26)27-22(2,3)4)15-9-10-19(17(11-15)12-23)24-13-16-7-5-6-8-18(16)20(24)25/h7-11,14H,5-6,13H2,1-4H3. The lowest BCUT2D eigenvalue weighted by Crippen LogP contribution is -2.27. The van der Waals surface area contributed by atoms with E-state index in [9.17, 15) is 14.9 Å². The summed E-state index contributed by atoms with van der Waals surface area (Å²) in [6.45, 7) is 7.71. The van der Waals surface area contributed by atoms with Gasteiger partial charge in [-0.25, -0.2) is 0 Å². The third-order valence-electron chi connectivity index (χ3n) is 4.75. The Hall–Kier alpha value is -2.87. The summed E-state index contributed by atoms with van der Waals surface area (Å²) < 4.78 is 5.44. The lowest BCUT2D eigenvalue weighted by atomic mass is 9.97. The summed E-state index contributed by atoms with van der Waals surface area (Å²) in [6.07, 6.45) is 5.88. The van der Waals surface area contributed by atoms with Crippen molar-refractivity contribution in [3.63, 3.8) is 0 Å². The van der Waals surface area contributed by atoms with E-state index in [1.165, 1.54) is 0 Å². The average Bonchev–Trinajstić information content (AvgIpc) is 2.96. The summed E-state index contributed by atoms with van der Waals surface area (Å²) in [5.41, 5.74) is 2.88. The Kier molecular flexibility index (Phi) is 4.93. The molecule has 1 atom stereocenters. The second-order valence-corrected chi connectivity index (χ2v) is 7.96. The van der Waals surface area contributed by atoms with Gasteiger partial charge in [0.2, 0.25) is 0 Å². The average molecular weight is 364 g/mol. The second kappa shape index (κ2) is 7.03. The topological polar surface area (TPSA) is 70.4 Å². The van der Waals surface area contributed by atoms with Gasteiger partial charge in [-0.05, 0) is 63.8 Å². The molecule has 0 saturated carbocycles. The molecule has 1 aromatic rings. The Morgan fingerprint density at radius 2 is 1.96 bits per heavy atom. The van der Waals surface area contributed by atoms with E-state index >= 15 is 0 Å². The molecule has 1 fully saturated rings. The third-order valence-corrected chi connectivity index (χ3v) is 4.75. The van der Waals surface area contributed by atoms with Crippen molar-refractivity contribution < 1.29 is 14.3 Å². The first kappa shape index (κ1) is 18.9. The number of nitriles is 1. The molecule has 0 radical (unpaired) electrons. The van der Waals surface area contributed by atoms with Crippen molar-refractivity contribution in [3.05, 3.63) is 52.6 Å². The van der Waals surface area contributed by atoms with Crippen LogP contribution >= 0.6 is 0 Å². The number of hydrogen-bond acceptors (Lipinski definition) is 4. The number of esters is 1. The normalized spacial score (nSPS) is 17.6. The maximum atomic E-state index is 12.7. The van der Waals surface area contributed by atoms with Gasteiger partial charge in [-0.15, -0.1) is 0 Å². The monoisotopic (exact) mass is 364 g/mol. The van der Waals surface area contributed by atoms with Crippen molar-refractivity contribution >= 4 is 17.6 Å². The van der Waals surface area contributed by atoms with Crippen molar-refractivity contribution in [3.8, 4) is 6.07 Å². The number of carbonyl (C=O) groups is 2. The van der Waals surface area contributed by atoms with Crippen LogP contribution in [0.3, 0.4) is 0 Å². The summed E-state index contributed by atoms with van der Waals surface area (Å²) >= 11 is 0. The first-order valence-corrected chi connectivity index (χ1v) is 9.19. The number of rotatable bonds is 3. The summed E-state index contributed by atoms with van der Waals surface area (Å²) in [5, 5.41) is 9.62. The van der Waals surface area contributed by atoms with Crippen LogP contribution in [0, 0.1) is 11.3 Å². The zero-order valence-corrected chi connectivity index (χ0v) is 16.2. The highest BCUT2D eigenvalue weighted by molar-refractivity contribution is 6.13. The Bertz CT molecular complexity index is 897. The highest BCUT2D eigenvalue weighted by atomic mass is 16.6. The van der Waals surface area contributed by atoms with E-state index in [2.05, 4.69) is 12.1 Å². The van der Waals surface area contributed by atoms with Crippen LogP contribution in [-0.4, -0.2) is 24.0 Å². The van der Waals surface area contributed by atoms with Crippen LogP contribution in [0.1, 0.15) is 57.6 Å². The number of hydrogen-bond donors (Lipinski definition) is 0. The molecule has 0 bridgehead atoms. The molecule has 140 valence electrons. The van der Waals surface area contributed by atoms with E-state index in [4.69, 9.17) is 4.74 Å². The number of ether oxygens (including phenoxy) is 1. The number of fused-ring (bicyclic) bond motifs is 1. The maximum Gasteiger partial charge on any atom is 0.313 e. The van der Waals surface area contributed by atoms with E-state index in [0.717, 1.165) is 24.0 Å². The van der Waals surface area contributed by atoms with Gasteiger partial charge in [0.1, 0.15) is 11.7 Å². The van der Waals surface area contributed by atoms with E-state index in [0.29, 0.717) is 23.4 Å². The smallest absolute Gasteiger partial charge is 0.313 e. The van der Waals surface area contributed by atoms with E-state index in [1.54, 1.807) is 30.0 Å². The number of benzene rings is 1. The quantitative estimate of drug-likeness (QED) is 0.760. The molecule has 1 saturated heterocycles. The molecule has 1 amide bonds. The molecule has 27 heavy (non-hydrogen) atoms. The van der Waals surface area contributed by atoms with Crippen molar-refractivity contribution in [2.24, 2.45) is 0 Å². The van der Waals surface area contributed by atoms with Gasteiger partial charge in [0.25, 0.3) is 5.91 Å². The van der Waals surface area contributed by atoms with Crippen LogP contribution in [0.25, 0.3) is 0 Å². The Morgan fingerprint density at radius 3 is 2.59 bits per heavy atom. The predicted octanol–water partition coefficient (Wildman–Crippen LogP) is 4.00. The molecule has 1 aliphatic heterocycles. The minimum atomic E-state index is -0.566. The van der Waals surface area contributed by atoms with Crippen LogP contribution in [0.15, 0.2) is 41.5 Å². The number of carbonyl (C=O) groups excluding carboxylic acids is 2. The van der Waals surface area contributed by atoms with Crippen molar-refractivity contribution in [2.75, 3.05) is 11.4 Å². The zero-order chi connectivity index (χ0) is 19.8. The zero-order valence-electron chi connectivity index (χ0n) is 16.2. The largest absolute Gasteiger partial charge is 0.460 e. The molecule has 1 aromatic carbocycles. The summed E-state index contributed by atoms with van der Waals surface area (Å²) in [7, 11) is 0. The molecule has 2 aliphatic rings. The van der Waals surface area contributed by atoms with E-state index < -0.39 is 11.5 Å². The van der Waals surface area contributed by atoms with Gasteiger partial charge in [0, 0.05) is 5.57 Å². The van der Waals surface area contributed by atoms with Gasteiger partial charge >= 0.3 is 5.97 Å². The maximum absolute atomic E-state index is 12.7. The van der Waals surface area contributed by atoms with E-state index in [-0.39, 0.29) is 11.9 Å². The van der Waals surface area contributed by atoms with E-state index in [1.807, 2.05) is 26.8 Å². The lowest BCUT2D eigenvalue weighted by Gasteiger charge is -2.23. The highest BCUT2D eigenvalue weighted by Crippen LogP contribution is 2.34. The number of allylic oxidation sites excluding steroid dienone is 2. The Morgan fingerprint density at radius 1 is 1.26 bits per heavy atom. The van der Waals surface area contributed by atoms with Gasteiger partial charge < -0.3 is 9.64 Å². The van der Waals surface area contributed by atoms with Crippen LogP contribution in [0.4, 0.5) is 5.69 Å². The van der Waals surface area contributed by atoms with Crippen LogP contribution in [-0.2, 0) is 14.3 Å². The van der Waals surface area contributed by atoms with Crippen molar-refractivity contribution in [1.82, 2.24) is 0 Å². The molecular weight excluding hydrogens is 340 g/mol. The number of amides is 1. The lowest BCUT2D eigenvalue weighted by molar-refractivity contribution is -0.156. The molecule has 3 rings (SSSR count). The minimum absolute atomic E-state index is 0.0645. The van der Waals surface area contributed by atoms with Crippen molar-refractivity contribution in [1.29, 1.82) is 5.26 Å². The van der Waals surface area contributed by atoms with Gasteiger partial charge in [-0.1, -0.05) is 18.2 Å². The Labute approximate surface area is 159 Å². The molecule has 0 spiro atoms. The Balaban J connectivity index is 1.89. The molecule has 1 aliphatic carbocycles. The SMILES string of the molecule is CC(C(=O)OC(C)(C)C)c1ccc(N2CC3=CCCC=C3C2=O)c(C#N)c1. The molecule has 1 heterocycles. The second-order valence-electron chi connectivity index (χ2n) is 7.96. The summed E-state index contributed by atoms with van der Waals surface area (Å²) in [5.74, 6) is -0.893. The van der Waals surface area contributed by atoms with Gasteiger partial charge in [0.15, 0.2) is 0 Å². The molecule has 0 aromatic heterocycles.